The second-order valence-corrected chi connectivity index (χ2v) is 10.7. The predicted octanol–water partition coefficient (Wildman–Crippen LogP) is 1.50. The van der Waals surface area contributed by atoms with Crippen LogP contribution in [0.1, 0.15) is 29.5 Å². The maximum absolute atomic E-state index is 13.8. The lowest BCUT2D eigenvalue weighted by Gasteiger charge is -2.29. The maximum atomic E-state index is 13.8. The molecule has 0 bridgehead atoms. The average Bonchev–Trinajstić information content (AvgIpc) is 3.49. The lowest BCUT2D eigenvalue weighted by molar-refractivity contribution is -0.149. The molecular formula is C32H36N4O7. The Labute approximate surface area is 249 Å². The van der Waals surface area contributed by atoms with Gasteiger partial charge in [-0.2, -0.15) is 0 Å². The van der Waals surface area contributed by atoms with Gasteiger partial charge in [0.25, 0.3) is 0 Å². The maximum Gasteiger partial charge on any atom is 0.326 e. The third-order valence-electron chi connectivity index (χ3n) is 7.46. The monoisotopic (exact) mass is 588 g/mol. The first-order valence-corrected chi connectivity index (χ1v) is 14.1. The van der Waals surface area contributed by atoms with Gasteiger partial charge in [-0.3, -0.25) is 14.4 Å². The number of nitrogens with zero attached hydrogens (tertiary/aromatic N) is 1. The summed E-state index contributed by atoms with van der Waals surface area (Å²) < 4.78 is 0. The Balaban J connectivity index is 1.55. The van der Waals surface area contributed by atoms with Crippen LogP contribution in [0.5, 0.6) is 11.5 Å². The molecule has 11 heteroatoms. The number of rotatable bonds is 12. The zero-order valence-corrected chi connectivity index (χ0v) is 23.6. The SMILES string of the molecule is NC(Cc1ccc(O)cc1)C(=O)NC(Cc1ccc(O)cc1)C(=O)NC(Cc1ccccc1)C(=O)N1CCCC1C(=O)O. The summed E-state index contributed by atoms with van der Waals surface area (Å²) in [5, 5.41) is 34.4. The standard InChI is InChI=1S/C32H36N4O7/c33-25(17-21-8-12-23(37)13-9-21)29(39)34-26(18-22-10-14-24(38)15-11-22)30(40)35-27(19-20-5-2-1-3-6-20)31(41)36-16-4-7-28(36)32(42)43/h1-3,5-6,8-15,25-28,37-38H,4,7,16-19,33H2,(H,34,39)(H,35,40)(H,42,43). The van der Waals surface area contributed by atoms with Crippen LogP contribution in [0.3, 0.4) is 0 Å². The van der Waals surface area contributed by atoms with Gasteiger partial charge in [0.2, 0.25) is 17.7 Å². The zero-order valence-electron chi connectivity index (χ0n) is 23.6. The van der Waals surface area contributed by atoms with Crippen molar-refractivity contribution in [2.24, 2.45) is 5.73 Å². The van der Waals surface area contributed by atoms with Crippen molar-refractivity contribution < 1.29 is 34.5 Å². The molecule has 4 atom stereocenters. The summed E-state index contributed by atoms with van der Waals surface area (Å²) in [6, 6.07) is 17.3. The Kier molecular flexibility index (Phi) is 10.3. The highest BCUT2D eigenvalue weighted by Crippen LogP contribution is 2.20. The van der Waals surface area contributed by atoms with Gasteiger partial charge >= 0.3 is 5.97 Å². The van der Waals surface area contributed by atoms with Crippen LogP contribution in [0.25, 0.3) is 0 Å². The summed E-state index contributed by atoms with van der Waals surface area (Å²) >= 11 is 0. The second kappa shape index (κ2) is 14.3. The fourth-order valence-corrected chi connectivity index (χ4v) is 5.14. The van der Waals surface area contributed by atoms with Crippen molar-refractivity contribution >= 4 is 23.7 Å². The van der Waals surface area contributed by atoms with Gasteiger partial charge in [0.05, 0.1) is 6.04 Å². The number of benzene rings is 3. The van der Waals surface area contributed by atoms with Crippen LogP contribution < -0.4 is 16.4 Å². The number of carbonyl (C=O) groups excluding carboxylic acids is 3. The van der Waals surface area contributed by atoms with Gasteiger partial charge in [0, 0.05) is 19.4 Å². The number of likely N-dealkylation sites (tertiary alicyclic amines) is 1. The topological polar surface area (TPSA) is 182 Å². The zero-order chi connectivity index (χ0) is 30.9. The highest BCUT2D eigenvalue weighted by atomic mass is 16.4. The second-order valence-electron chi connectivity index (χ2n) is 10.7. The van der Waals surface area contributed by atoms with E-state index in [2.05, 4.69) is 10.6 Å². The van der Waals surface area contributed by atoms with E-state index in [1.807, 2.05) is 18.2 Å². The van der Waals surface area contributed by atoms with Gasteiger partial charge in [-0.05, 0) is 60.2 Å². The Morgan fingerprint density at radius 3 is 1.84 bits per heavy atom. The van der Waals surface area contributed by atoms with Crippen LogP contribution in [-0.2, 0) is 38.4 Å². The number of hydrogen-bond donors (Lipinski definition) is 6. The van der Waals surface area contributed by atoms with Crippen molar-refractivity contribution in [2.45, 2.75) is 56.3 Å². The molecule has 7 N–H and O–H groups in total. The molecule has 1 fully saturated rings. The highest BCUT2D eigenvalue weighted by molar-refractivity contribution is 5.94. The number of nitrogens with one attached hydrogen (secondary N) is 2. The lowest BCUT2D eigenvalue weighted by atomic mass is 10.0. The van der Waals surface area contributed by atoms with Gasteiger partial charge in [0.15, 0.2) is 0 Å². The van der Waals surface area contributed by atoms with Crippen molar-refractivity contribution in [3.63, 3.8) is 0 Å². The van der Waals surface area contributed by atoms with E-state index in [0.717, 1.165) is 5.56 Å². The van der Waals surface area contributed by atoms with E-state index >= 15 is 0 Å². The summed E-state index contributed by atoms with van der Waals surface area (Å²) in [5.41, 5.74) is 8.29. The van der Waals surface area contributed by atoms with Gasteiger partial charge in [0.1, 0.15) is 29.6 Å². The fraction of sp³-hybridized carbons (Fsp3) is 0.312. The van der Waals surface area contributed by atoms with Crippen molar-refractivity contribution in [3.05, 3.63) is 95.6 Å². The van der Waals surface area contributed by atoms with Crippen molar-refractivity contribution in [3.8, 4) is 11.5 Å². The van der Waals surface area contributed by atoms with Crippen molar-refractivity contribution in [1.29, 1.82) is 0 Å². The Morgan fingerprint density at radius 1 is 0.744 bits per heavy atom. The minimum absolute atomic E-state index is 0.0387. The Hall–Kier alpha value is -4.90. The summed E-state index contributed by atoms with van der Waals surface area (Å²) in [6.07, 6.45) is 1.17. The van der Waals surface area contributed by atoms with Crippen LogP contribution >= 0.6 is 0 Å². The minimum atomic E-state index is -1.14. The number of phenolic OH excluding ortho intramolecular Hbond substituents is 2. The number of nitrogens with two attached hydrogens (primary N) is 1. The molecule has 0 saturated carbocycles. The molecule has 0 aromatic heterocycles. The molecule has 1 aliphatic rings. The van der Waals surface area contributed by atoms with E-state index in [1.54, 1.807) is 36.4 Å². The number of aliphatic carboxylic acids is 1. The van der Waals surface area contributed by atoms with Crippen LogP contribution in [0.15, 0.2) is 78.9 Å². The molecule has 0 spiro atoms. The summed E-state index contributed by atoms with van der Waals surface area (Å²) in [5.74, 6) is -2.73. The van der Waals surface area contributed by atoms with Gasteiger partial charge in [-0.15, -0.1) is 0 Å². The molecule has 4 unspecified atom stereocenters. The van der Waals surface area contributed by atoms with E-state index in [9.17, 15) is 34.5 Å². The van der Waals surface area contributed by atoms with E-state index < -0.39 is 47.9 Å². The van der Waals surface area contributed by atoms with Crippen LogP contribution in [-0.4, -0.2) is 74.6 Å². The quantitative estimate of drug-likeness (QED) is 0.184. The van der Waals surface area contributed by atoms with E-state index in [4.69, 9.17) is 5.73 Å². The van der Waals surface area contributed by atoms with Gasteiger partial charge in [-0.1, -0.05) is 54.6 Å². The molecule has 0 radical (unpaired) electrons. The molecule has 4 rings (SSSR count). The smallest absolute Gasteiger partial charge is 0.326 e. The van der Waals surface area contributed by atoms with Gasteiger partial charge < -0.3 is 36.6 Å². The Bertz CT molecular complexity index is 1410. The number of carboxylic acids is 1. The molecule has 1 aliphatic heterocycles. The lowest BCUT2D eigenvalue weighted by Crippen LogP contribution is -2.58. The fourth-order valence-electron chi connectivity index (χ4n) is 5.14. The Morgan fingerprint density at radius 2 is 1.26 bits per heavy atom. The number of aromatic hydroxyl groups is 2. The first-order chi connectivity index (χ1) is 20.6. The molecule has 43 heavy (non-hydrogen) atoms. The van der Waals surface area contributed by atoms with Crippen LogP contribution in [0, 0.1) is 0 Å². The summed E-state index contributed by atoms with van der Waals surface area (Å²) in [7, 11) is 0. The summed E-state index contributed by atoms with van der Waals surface area (Å²) in [6.45, 7) is 0.261. The largest absolute Gasteiger partial charge is 0.508 e. The molecule has 0 aliphatic carbocycles. The number of amides is 3. The molecule has 226 valence electrons. The number of carbonyl (C=O) groups is 4. The average molecular weight is 589 g/mol. The number of carboxylic acid groups (broad SMARTS) is 1. The van der Waals surface area contributed by atoms with E-state index in [-0.39, 0.29) is 37.3 Å². The first-order valence-electron chi connectivity index (χ1n) is 14.1. The third-order valence-corrected chi connectivity index (χ3v) is 7.46. The molecule has 3 aromatic carbocycles. The van der Waals surface area contributed by atoms with Crippen LogP contribution in [0.4, 0.5) is 0 Å². The third kappa shape index (κ3) is 8.55. The number of phenols is 2. The number of hydrogen-bond acceptors (Lipinski definition) is 7. The van der Waals surface area contributed by atoms with Crippen molar-refractivity contribution in [2.75, 3.05) is 6.54 Å². The van der Waals surface area contributed by atoms with E-state index in [1.165, 1.54) is 29.2 Å². The predicted molar refractivity (Wildman–Crippen MR) is 158 cm³/mol. The molecule has 3 amide bonds. The first kappa shape index (κ1) is 31.0. The summed E-state index contributed by atoms with van der Waals surface area (Å²) in [4.78, 5) is 53.7. The van der Waals surface area contributed by atoms with Crippen molar-refractivity contribution in [1.82, 2.24) is 15.5 Å². The highest BCUT2D eigenvalue weighted by Gasteiger charge is 2.38. The molecular weight excluding hydrogens is 552 g/mol. The van der Waals surface area contributed by atoms with Gasteiger partial charge in [-0.25, -0.2) is 4.79 Å². The molecule has 11 nitrogen and oxygen atoms in total. The minimum Gasteiger partial charge on any atom is -0.508 e. The molecule has 1 heterocycles. The molecule has 3 aromatic rings. The van der Waals surface area contributed by atoms with Crippen LogP contribution in [0.2, 0.25) is 0 Å². The van der Waals surface area contributed by atoms with E-state index in [0.29, 0.717) is 24.0 Å². The molecule has 1 saturated heterocycles. The normalized spacial score (nSPS) is 16.6.